The van der Waals surface area contributed by atoms with Crippen molar-refractivity contribution in [2.75, 3.05) is 26.3 Å². The number of nitrogens with one attached hydrogen (secondary N) is 1. The Labute approximate surface area is 130 Å². The van der Waals surface area contributed by atoms with E-state index in [1.54, 1.807) is 12.1 Å². The van der Waals surface area contributed by atoms with Gasteiger partial charge in [0.15, 0.2) is 5.78 Å². The minimum atomic E-state index is 0.0412. The van der Waals surface area contributed by atoms with Gasteiger partial charge < -0.3 is 14.8 Å². The molecule has 0 bridgehead atoms. The molecule has 1 heterocycles. The van der Waals surface area contributed by atoms with Crippen LogP contribution >= 0.6 is 11.6 Å². The molecule has 0 atom stereocenters. The molecule has 2 rings (SSSR count). The summed E-state index contributed by atoms with van der Waals surface area (Å²) in [7, 11) is 0. The molecule has 0 spiro atoms. The molecule has 5 heteroatoms. The summed E-state index contributed by atoms with van der Waals surface area (Å²) in [5.74, 6) is 1.28. The highest BCUT2D eigenvalue weighted by molar-refractivity contribution is 6.32. The van der Waals surface area contributed by atoms with Crippen molar-refractivity contribution in [1.82, 2.24) is 5.32 Å². The third-order valence-corrected chi connectivity index (χ3v) is 3.90. The normalized spacial score (nSPS) is 15.8. The quantitative estimate of drug-likeness (QED) is 0.819. The Morgan fingerprint density at radius 3 is 2.43 bits per heavy atom. The van der Waals surface area contributed by atoms with E-state index in [2.05, 4.69) is 5.32 Å². The highest BCUT2D eigenvalue weighted by atomic mass is 35.5. The Hall–Kier alpha value is -1.26. The summed E-state index contributed by atoms with van der Waals surface area (Å²) < 4.78 is 11.1. The molecule has 1 aromatic carbocycles. The van der Waals surface area contributed by atoms with E-state index in [1.807, 2.05) is 13.8 Å². The van der Waals surface area contributed by atoms with Crippen LogP contribution in [0.5, 0.6) is 11.5 Å². The SMILES string of the molecule is CCOc1cc(OCC)c(C(=O)C2CCNCC2)cc1Cl. The zero-order valence-corrected chi connectivity index (χ0v) is 13.3. The van der Waals surface area contributed by atoms with Gasteiger partial charge in [0.05, 0.1) is 23.8 Å². The van der Waals surface area contributed by atoms with E-state index in [4.69, 9.17) is 21.1 Å². The monoisotopic (exact) mass is 311 g/mol. The molecule has 1 fully saturated rings. The van der Waals surface area contributed by atoms with E-state index in [0.717, 1.165) is 25.9 Å². The van der Waals surface area contributed by atoms with Crippen molar-refractivity contribution in [1.29, 1.82) is 0 Å². The number of benzene rings is 1. The number of hydrogen-bond donors (Lipinski definition) is 1. The van der Waals surface area contributed by atoms with Gasteiger partial charge in [-0.3, -0.25) is 4.79 Å². The van der Waals surface area contributed by atoms with Crippen molar-refractivity contribution in [3.63, 3.8) is 0 Å². The first-order valence-electron chi connectivity index (χ1n) is 7.51. The molecule has 0 radical (unpaired) electrons. The lowest BCUT2D eigenvalue weighted by atomic mass is 9.89. The van der Waals surface area contributed by atoms with Gasteiger partial charge in [0.1, 0.15) is 11.5 Å². The van der Waals surface area contributed by atoms with Crippen LogP contribution < -0.4 is 14.8 Å². The maximum Gasteiger partial charge on any atom is 0.169 e. The zero-order chi connectivity index (χ0) is 15.2. The van der Waals surface area contributed by atoms with Crippen LogP contribution in [0.25, 0.3) is 0 Å². The van der Waals surface area contributed by atoms with Gasteiger partial charge in [-0.05, 0) is 45.8 Å². The molecular weight excluding hydrogens is 290 g/mol. The van der Waals surface area contributed by atoms with Crippen molar-refractivity contribution >= 4 is 17.4 Å². The molecule has 0 aliphatic carbocycles. The number of rotatable bonds is 6. The molecule has 1 N–H and O–H groups in total. The van der Waals surface area contributed by atoms with Crippen molar-refractivity contribution in [3.05, 3.63) is 22.7 Å². The molecular formula is C16H22ClNO3. The fourth-order valence-electron chi connectivity index (χ4n) is 2.57. The lowest BCUT2D eigenvalue weighted by Gasteiger charge is -2.23. The zero-order valence-electron chi connectivity index (χ0n) is 12.6. The van der Waals surface area contributed by atoms with Crippen molar-refractivity contribution in [2.45, 2.75) is 26.7 Å². The molecule has 1 aromatic rings. The summed E-state index contributed by atoms with van der Waals surface area (Å²) >= 11 is 6.22. The first-order chi connectivity index (χ1) is 10.2. The van der Waals surface area contributed by atoms with Crippen LogP contribution in [0.1, 0.15) is 37.0 Å². The second-order valence-corrected chi connectivity index (χ2v) is 5.44. The third kappa shape index (κ3) is 3.89. The lowest BCUT2D eigenvalue weighted by Crippen LogP contribution is -2.32. The number of Topliss-reactive ketones (excluding diaryl/α,β-unsaturated/α-hetero) is 1. The van der Waals surface area contributed by atoms with Crippen LogP contribution in [0.15, 0.2) is 12.1 Å². The van der Waals surface area contributed by atoms with E-state index in [0.29, 0.717) is 35.3 Å². The summed E-state index contributed by atoms with van der Waals surface area (Å²) in [6.07, 6.45) is 1.71. The topological polar surface area (TPSA) is 47.6 Å². The van der Waals surface area contributed by atoms with E-state index in [1.165, 1.54) is 0 Å². The Bertz CT molecular complexity index is 499. The molecule has 21 heavy (non-hydrogen) atoms. The lowest BCUT2D eigenvalue weighted by molar-refractivity contribution is 0.0891. The van der Waals surface area contributed by atoms with E-state index in [-0.39, 0.29) is 11.7 Å². The molecule has 116 valence electrons. The first kappa shape index (κ1) is 16.1. The van der Waals surface area contributed by atoms with Crippen LogP contribution in [0.2, 0.25) is 5.02 Å². The summed E-state index contributed by atoms with van der Waals surface area (Å²) in [4.78, 5) is 12.7. The number of hydrogen-bond acceptors (Lipinski definition) is 4. The predicted molar refractivity (Wildman–Crippen MR) is 83.7 cm³/mol. The van der Waals surface area contributed by atoms with E-state index >= 15 is 0 Å². The molecule has 1 aliphatic rings. The molecule has 4 nitrogen and oxygen atoms in total. The van der Waals surface area contributed by atoms with Crippen LogP contribution in [-0.4, -0.2) is 32.1 Å². The summed E-state index contributed by atoms with van der Waals surface area (Å²) in [5, 5.41) is 3.72. The van der Waals surface area contributed by atoms with Crippen LogP contribution in [-0.2, 0) is 0 Å². The fraction of sp³-hybridized carbons (Fsp3) is 0.562. The van der Waals surface area contributed by atoms with E-state index < -0.39 is 0 Å². The number of piperidine rings is 1. The molecule has 1 saturated heterocycles. The smallest absolute Gasteiger partial charge is 0.169 e. The van der Waals surface area contributed by atoms with E-state index in [9.17, 15) is 4.79 Å². The Morgan fingerprint density at radius 2 is 1.81 bits per heavy atom. The summed E-state index contributed by atoms with van der Waals surface area (Å²) in [5.41, 5.74) is 0.567. The standard InChI is InChI=1S/C16H22ClNO3/c1-3-20-14-10-15(21-4-2)13(17)9-12(14)16(19)11-5-7-18-8-6-11/h9-11,18H,3-8H2,1-2H3. The maximum atomic E-state index is 12.7. The van der Waals surface area contributed by atoms with Crippen LogP contribution in [0, 0.1) is 5.92 Å². The number of carbonyl (C=O) groups is 1. The Morgan fingerprint density at radius 1 is 1.19 bits per heavy atom. The van der Waals surface area contributed by atoms with Gasteiger partial charge in [0, 0.05) is 12.0 Å². The molecule has 0 aromatic heterocycles. The van der Waals surface area contributed by atoms with Gasteiger partial charge in [-0.25, -0.2) is 0 Å². The number of ether oxygens (including phenoxy) is 2. The van der Waals surface area contributed by atoms with Crippen LogP contribution in [0.3, 0.4) is 0 Å². The highest BCUT2D eigenvalue weighted by Crippen LogP contribution is 2.35. The predicted octanol–water partition coefficient (Wildman–Crippen LogP) is 3.32. The molecule has 0 saturated carbocycles. The van der Waals surface area contributed by atoms with Crippen molar-refractivity contribution < 1.29 is 14.3 Å². The average molecular weight is 312 g/mol. The second kappa shape index (κ2) is 7.66. The highest BCUT2D eigenvalue weighted by Gasteiger charge is 2.26. The summed E-state index contributed by atoms with van der Waals surface area (Å²) in [6, 6.07) is 3.41. The molecule has 0 unspecified atom stereocenters. The van der Waals surface area contributed by atoms with Gasteiger partial charge in [-0.1, -0.05) is 11.6 Å². The third-order valence-electron chi connectivity index (χ3n) is 3.61. The molecule has 1 aliphatic heterocycles. The van der Waals surface area contributed by atoms with Gasteiger partial charge in [0.2, 0.25) is 0 Å². The minimum absolute atomic E-state index is 0.0412. The fourth-order valence-corrected chi connectivity index (χ4v) is 2.79. The maximum absolute atomic E-state index is 12.7. The first-order valence-corrected chi connectivity index (χ1v) is 7.89. The Balaban J connectivity index is 2.31. The van der Waals surface area contributed by atoms with Crippen molar-refractivity contribution in [3.8, 4) is 11.5 Å². The van der Waals surface area contributed by atoms with Gasteiger partial charge in [0.25, 0.3) is 0 Å². The minimum Gasteiger partial charge on any atom is -0.493 e. The summed E-state index contributed by atoms with van der Waals surface area (Å²) in [6.45, 7) is 6.57. The van der Waals surface area contributed by atoms with Crippen molar-refractivity contribution in [2.24, 2.45) is 5.92 Å². The van der Waals surface area contributed by atoms with Crippen LogP contribution in [0.4, 0.5) is 0 Å². The van der Waals surface area contributed by atoms with Gasteiger partial charge in [-0.15, -0.1) is 0 Å². The average Bonchev–Trinajstić information content (AvgIpc) is 2.51. The van der Waals surface area contributed by atoms with Gasteiger partial charge in [-0.2, -0.15) is 0 Å². The largest absolute Gasteiger partial charge is 0.493 e. The number of halogens is 1. The second-order valence-electron chi connectivity index (χ2n) is 5.03. The van der Waals surface area contributed by atoms with Gasteiger partial charge >= 0.3 is 0 Å². The number of ketones is 1. The molecule has 0 amide bonds. The number of carbonyl (C=O) groups excluding carboxylic acids is 1. The Kier molecular flexibility index (Phi) is 5.88.